The fourth-order valence-electron chi connectivity index (χ4n) is 1.90. The van der Waals surface area contributed by atoms with Gasteiger partial charge in [-0.2, -0.15) is 0 Å². The number of hydrogen-bond donors (Lipinski definition) is 0. The molecule has 0 amide bonds. The van der Waals surface area contributed by atoms with E-state index in [-0.39, 0.29) is 5.41 Å². The van der Waals surface area contributed by atoms with E-state index >= 15 is 0 Å². The smallest absolute Gasteiger partial charge is 0.200 e. The minimum absolute atomic E-state index is 0.0306. The lowest BCUT2D eigenvalue weighted by Crippen LogP contribution is -2.10. The third-order valence-electron chi connectivity index (χ3n) is 3.10. The lowest BCUT2D eigenvalue weighted by atomic mass is 9.62. The first-order chi connectivity index (χ1) is 8.36. The third kappa shape index (κ3) is 2.95. The fourth-order valence-corrected chi connectivity index (χ4v) is 1.90. The first-order valence-electron chi connectivity index (χ1n) is 6.76. The SMILES string of the molecule is CC(C)BCc1ccc2oc(C(C)(C)C)nc2c1. The number of aromatic nitrogens is 1. The molecule has 0 saturated carbocycles. The van der Waals surface area contributed by atoms with Crippen LogP contribution in [0.2, 0.25) is 5.82 Å². The molecule has 0 fully saturated rings. The summed E-state index contributed by atoms with van der Waals surface area (Å²) in [5, 5.41) is 0. The minimum Gasteiger partial charge on any atom is -0.440 e. The van der Waals surface area contributed by atoms with Gasteiger partial charge >= 0.3 is 0 Å². The molecule has 0 saturated heterocycles. The van der Waals surface area contributed by atoms with Gasteiger partial charge in [0.2, 0.25) is 5.89 Å². The number of benzene rings is 1. The van der Waals surface area contributed by atoms with Gasteiger partial charge in [-0.25, -0.2) is 4.98 Å². The highest BCUT2D eigenvalue weighted by Crippen LogP contribution is 2.26. The summed E-state index contributed by atoms with van der Waals surface area (Å²) in [5.74, 6) is 1.56. The summed E-state index contributed by atoms with van der Waals surface area (Å²) in [6.45, 7) is 10.9. The summed E-state index contributed by atoms with van der Waals surface area (Å²) in [6, 6.07) is 6.37. The van der Waals surface area contributed by atoms with E-state index in [4.69, 9.17) is 4.42 Å². The quantitative estimate of drug-likeness (QED) is 0.764. The number of oxazole rings is 1. The number of nitrogens with zero attached hydrogens (tertiary/aromatic N) is 1. The normalized spacial score (nSPS) is 12.3. The van der Waals surface area contributed by atoms with E-state index in [1.807, 2.05) is 6.07 Å². The molecule has 0 unspecified atom stereocenters. The summed E-state index contributed by atoms with van der Waals surface area (Å²) >= 11 is 0. The Morgan fingerprint density at radius 3 is 2.61 bits per heavy atom. The molecule has 0 N–H and O–H groups in total. The molecule has 0 spiro atoms. The van der Waals surface area contributed by atoms with Gasteiger partial charge < -0.3 is 4.42 Å². The zero-order chi connectivity index (χ0) is 13.3. The Balaban J connectivity index is 2.28. The Bertz CT molecular complexity index is 537. The van der Waals surface area contributed by atoms with Crippen LogP contribution < -0.4 is 0 Å². The van der Waals surface area contributed by atoms with Gasteiger partial charge in [0.05, 0.1) is 0 Å². The molecule has 0 bridgehead atoms. The molecule has 1 heterocycles. The van der Waals surface area contributed by atoms with Gasteiger partial charge in [-0.05, 0) is 12.1 Å². The highest BCUT2D eigenvalue weighted by atomic mass is 16.3. The topological polar surface area (TPSA) is 26.0 Å². The standard InChI is InChI=1S/C15H22BNO/c1-10(2)16-9-11-6-7-13-12(8-11)17-14(18-13)15(3,4)5/h6-8,10,16H,9H2,1-5H3. The first kappa shape index (κ1) is 13.2. The van der Waals surface area contributed by atoms with Gasteiger partial charge in [-0.1, -0.05) is 58.4 Å². The molecule has 0 aliphatic rings. The molecular weight excluding hydrogens is 221 g/mol. The van der Waals surface area contributed by atoms with Crippen molar-refractivity contribution in [1.82, 2.24) is 4.98 Å². The summed E-state index contributed by atoms with van der Waals surface area (Å²) < 4.78 is 5.80. The summed E-state index contributed by atoms with van der Waals surface area (Å²) in [7, 11) is 1.22. The van der Waals surface area contributed by atoms with Crippen LogP contribution in [0, 0.1) is 0 Å². The monoisotopic (exact) mass is 243 g/mol. The van der Waals surface area contributed by atoms with Gasteiger partial charge in [0, 0.05) is 5.41 Å². The van der Waals surface area contributed by atoms with Crippen molar-refractivity contribution in [2.24, 2.45) is 0 Å². The second-order valence-electron chi connectivity index (χ2n) is 6.50. The predicted octanol–water partition coefficient (Wildman–Crippen LogP) is 3.89. The van der Waals surface area contributed by atoms with Crippen LogP contribution in [0.25, 0.3) is 11.1 Å². The van der Waals surface area contributed by atoms with Crippen molar-refractivity contribution in [1.29, 1.82) is 0 Å². The molecule has 0 radical (unpaired) electrons. The van der Waals surface area contributed by atoms with Crippen molar-refractivity contribution >= 4 is 18.4 Å². The molecule has 2 rings (SSSR count). The van der Waals surface area contributed by atoms with E-state index in [0.717, 1.165) is 29.1 Å². The summed E-state index contributed by atoms with van der Waals surface area (Å²) in [4.78, 5) is 4.61. The van der Waals surface area contributed by atoms with Gasteiger partial charge in [0.25, 0.3) is 0 Å². The van der Waals surface area contributed by atoms with Crippen molar-refractivity contribution in [3.63, 3.8) is 0 Å². The largest absolute Gasteiger partial charge is 0.440 e. The Kier molecular flexibility index (Phi) is 3.51. The Hall–Kier alpha value is -1.25. The lowest BCUT2D eigenvalue weighted by molar-refractivity contribution is 0.411. The van der Waals surface area contributed by atoms with Gasteiger partial charge in [-0.3, -0.25) is 0 Å². The molecule has 0 atom stereocenters. The molecule has 18 heavy (non-hydrogen) atoms. The molecule has 1 aromatic heterocycles. The van der Waals surface area contributed by atoms with Gasteiger partial charge in [-0.15, -0.1) is 0 Å². The van der Waals surface area contributed by atoms with Crippen molar-refractivity contribution in [2.75, 3.05) is 0 Å². The van der Waals surface area contributed by atoms with E-state index in [1.54, 1.807) is 0 Å². The van der Waals surface area contributed by atoms with Crippen LogP contribution in [0.15, 0.2) is 22.6 Å². The van der Waals surface area contributed by atoms with Crippen LogP contribution in [-0.2, 0) is 11.7 Å². The maximum atomic E-state index is 5.80. The van der Waals surface area contributed by atoms with Crippen LogP contribution in [0.5, 0.6) is 0 Å². The molecule has 2 nitrogen and oxygen atoms in total. The maximum absolute atomic E-state index is 5.80. The minimum atomic E-state index is -0.0306. The van der Waals surface area contributed by atoms with E-state index in [2.05, 4.69) is 51.7 Å². The Labute approximate surface area is 110 Å². The van der Waals surface area contributed by atoms with Crippen LogP contribution in [0.4, 0.5) is 0 Å². The molecule has 3 heteroatoms. The lowest BCUT2D eigenvalue weighted by Gasteiger charge is -2.11. The second-order valence-corrected chi connectivity index (χ2v) is 6.50. The Morgan fingerprint density at radius 2 is 2.00 bits per heavy atom. The van der Waals surface area contributed by atoms with Crippen LogP contribution in [0.3, 0.4) is 0 Å². The summed E-state index contributed by atoms with van der Waals surface area (Å²) in [5.41, 5.74) is 3.20. The number of rotatable bonds is 3. The third-order valence-corrected chi connectivity index (χ3v) is 3.10. The van der Waals surface area contributed by atoms with E-state index < -0.39 is 0 Å². The Morgan fingerprint density at radius 1 is 1.28 bits per heavy atom. The maximum Gasteiger partial charge on any atom is 0.200 e. The van der Waals surface area contributed by atoms with Crippen molar-refractivity contribution in [3.8, 4) is 0 Å². The highest BCUT2D eigenvalue weighted by Gasteiger charge is 2.20. The second kappa shape index (κ2) is 4.79. The van der Waals surface area contributed by atoms with E-state index in [0.29, 0.717) is 0 Å². The molecular formula is C15H22BNO. The zero-order valence-electron chi connectivity index (χ0n) is 12.1. The van der Waals surface area contributed by atoms with Crippen molar-refractivity contribution in [2.45, 2.75) is 52.2 Å². The van der Waals surface area contributed by atoms with Crippen molar-refractivity contribution in [3.05, 3.63) is 29.7 Å². The van der Waals surface area contributed by atoms with Crippen LogP contribution in [0.1, 0.15) is 46.1 Å². The fraction of sp³-hybridized carbons (Fsp3) is 0.533. The van der Waals surface area contributed by atoms with Gasteiger partial charge in [0.15, 0.2) is 5.58 Å². The molecule has 0 aliphatic carbocycles. The number of fused-ring (bicyclic) bond motifs is 1. The summed E-state index contributed by atoms with van der Waals surface area (Å²) in [6.07, 6.45) is 1.12. The molecule has 0 aliphatic heterocycles. The molecule has 2 aromatic rings. The first-order valence-corrected chi connectivity index (χ1v) is 6.76. The number of hydrogen-bond acceptors (Lipinski definition) is 2. The van der Waals surface area contributed by atoms with E-state index in [9.17, 15) is 0 Å². The zero-order valence-corrected chi connectivity index (χ0v) is 12.1. The predicted molar refractivity (Wildman–Crippen MR) is 78.7 cm³/mol. The van der Waals surface area contributed by atoms with E-state index in [1.165, 1.54) is 12.8 Å². The highest BCUT2D eigenvalue weighted by molar-refractivity contribution is 6.36. The van der Waals surface area contributed by atoms with Crippen LogP contribution in [-0.4, -0.2) is 12.3 Å². The van der Waals surface area contributed by atoms with Crippen LogP contribution >= 0.6 is 0 Å². The van der Waals surface area contributed by atoms with Crippen molar-refractivity contribution < 1.29 is 4.42 Å². The average Bonchev–Trinajstić information content (AvgIpc) is 2.68. The molecule has 96 valence electrons. The average molecular weight is 243 g/mol. The van der Waals surface area contributed by atoms with Gasteiger partial charge in [0.1, 0.15) is 12.8 Å². The molecule has 1 aromatic carbocycles.